The minimum Gasteiger partial charge on any atom is -0.480 e. The van der Waals surface area contributed by atoms with E-state index in [1.807, 2.05) is 0 Å². The molecule has 138 valence electrons. The number of nitrogens with one attached hydrogen (secondary N) is 2. The summed E-state index contributed by atoms with van der Waals surface area (Å²) in [4.78, 5) is 23.7. The Bertz CT molecular complexity index is 942. The number of carbonyl (C=O) groups excluding carboxylic acids is 2. The number of benzene rings is 2. The summed E-state index contributed by atoms with van der Waals surface area (Å²) >= 11 is 15.0. The zero-order valence-corrected chi connectivity index (χ0v) is 16.7. The molecule has 0 bridgehead atoms. The number of amides is 2. The van der Waals surface area contributed by atoms with E-state index in [0.717, 1.165) is 4.47 Å². The van der Waals surface area contributed by atoms with Crippen LogP contribution in [0.5, 0.6) is 5.75 Å². The van der Waals surface area contributed by atoms with Crippen molar-refractivity contribution < 1.29 is 14.3 Å². The van der Waals surface area contributed by atoms with Crippen molar-refractivity contribution >= 4 is 62.8 Å². The second kappa shape index (κ2) is 9.97. The van der Waals surface area contributed by atoms with Crippen molar-refractivity contribution in [3.8, 4) is 18.1 Å². The Morgan fingerprint density at radius 2 is 1.96 bits per heavy atom. The van der Waals surface area contributed by atoms with Crippen LogP contribution < -0.4 is 15.5 Å². The molecule has 27 heavy (non-hydrogen) atoms. The van der Waals surface area contributed by atoms with E-state index >= 15 is 0 Å². The third-order valence-corrected chi connectivity index (χ3v) is 4.27. The molecule has 2 amide bonds. The van der Waals surface area contributed by atoms with Crippen LogP contribution in [0.15, 0.2) is 46.0 Å². The van der Waals surface area contributed by atoms with E-state index in [9.17, 15) is 9.59 Å². The molecule has 0 unspecified atom stereocenters. The van der Waals surface area contributed by atoms with Crippen molar-refractivity contribution in [3.05, 3.63) is 56.5 Å². The van der Waals surface area contributed by atoms with Gasteiger partial charge in [0.2, 0.25) is 0 Å². The first-order chi connectivity index (χ1) is 12.9. The van der Waals surface area contributed by atoms with Crippen molar-refractivity contribution in [2.24, 2.45) is 5.10 Å². The molecule has 0 aliphatic rings. The lowest BCUT2D eigenvalue weighted by Gasteiger charge is -2.07. The van der Waals surface area contributed by atoms with Gasteiger partial charge in [0.1, 0.15) is 12.4 Å². The van der Waals surface area contributed by atoms with Gasteiger partial charge in [0.25, 0.3) is 0 Å². The highest BCUT2D eigenvalue weighted by Crippen LogP contribution is 2.25. The van der Waals surface area contributed by atoms with Gasteiger partial charge in [-0.2, -0.15) is 5.10 Å². The van der Waals surface area contributed by atoms with E-state index in [1.165, 1.54) is 24.4 Å². The number of carbonyl (C=O) groups is 2. The van der Waals surface area contributed by atoms with Gasteiger partial charge in [0.05, 0.1) is 16.3 Å². The van der Waals surface area contributed by atoms with E-state index in [1.54, 1.807) is 18.2 Å². The first-order valence-electron chi connectivity index (χ1n) is 7.36. The van der Waals surface area contributed by atoms with Crippen LogP contribution in [0.3, 0.4) is 0 Å². The quantitative estimate of drug-likeness (QED) is 0.302. The Morgan fingerprint density at radius 3 is 2.67 bits per heavy atom. The Kier molecular flexibility index (Phi) is 7.67. The Morgan fingerprint density at radius 1 is 1.19 bits per heavy atom. The summed E-state index contributed by atoms with van der Waals surface area (Å²) in [5, 5.41) is 6.73. The SMILES string of the molecule is C#CCOc1ccc(Br)cc1/C=N/NC(=O)C(=O)Nc1ccc(Cl)c(Cl)c1. The van der Waals surface area contributed by atoms with Crippen LogP contribution in [0.2, 0.25) is 10.0 Å². The number of halogens is 3. The molecule has 0 atom stereocenters. The fraction of sp³-hybridized carbons (Fsp3) is 0.0556. The van der Waals surface area contributed by atoms with Gasteiger partial charge >= 0.3 is 11.8 Å². The molecule has 0 saturated heterocycles. The number of hydrogen-bond donors (Lipinski definition) is 2. The molecule has 2 aromatic rings. The van der Waals surface area contributed by atoms with Crippen LogP contribution in [0, 0.1) is 12.3 Å². The van der Waals surface area contributed by atoms with Crippen molar-refractivity contribution in [1.29, 1.82) is 0 Å². The predicted molar refractivity (Wildman–Crippen MR) is 109 cm³/mol. The third kappa shape index (κ3) is 6.29. The topological polar surface area (TPSA) is 79.8 Å². The summed E-state index contributed by atoms with van der Waals surface area (Å²) in [6, 6.07) is 9.63. The molecule has 6 nitrogen and oxygen atoms in total. The second-order valence-electron chi connectivity index (χ2n) is 4.96. The number of ether oxygens (including phenoxy) is 1. The maximum Gasteiger partial charge on any atom is 0.329 e. The van der Waals surface area contributed by atoms with Gasteiger partial charge in [0, 0.05) is 15.7 Å². The largest absolute Gasteiger partial charge is 0.480 e. The molecule has 2 N–H and O–H groups in total. The van der Waals surface area contributed by atoms with E-state index in [0.29, 0.717) is 22.0 Å². The van der Waals surface area contributed by atoms with Gasteiger partial charge in [-0.1, -0.05) is 45.1 Å². The zero-order valence-electron chi connectivity index (χ0n) is 13.6. The van der Waals surface area contributed by atoms with Crippen LogP contribution in [-0.2, 0) is 9.59 Å². The highest BCUT2D eigenvalue weighted by molar-refractivity contribution is 9.10. The smallest absolute Gasteiger partial charge is 0.329 e. The van der Waals surface area contributed by atoms with Crippen molar-refractivity contribution in [1.82, 2.24) is 5.43 Å². The van der Waals surface area contributed by atoms with E-state index in [-0.39, 0.29) is 11.6 Å². The molecule has 0 aromatic heterocycles. The lowest BCUT2D eigenvalue weighted by Crippen LogP contribution is -2.32. The molecule has 0 radical (unpaired) electrons. The summed E-state index contributed by atoms with van der Waals surface area (Å²) in [5.41, 5.74) is 3.01. The number of terminal acetylenes is 1. The fourth-order valence-corrected chi connectivity index (χ4v) is 2.52. The molecule has 0 heterocycles. The summed E-state index contributed by atoms with van der Waals surface area (Å²) in [5.74, 6) is 0.967. The minimum absolute atomic E-state index is 0.0842. The molecule has 0 spiro atoms. The van der Waals surface area contributed by atoms with Crippen molar-refractivity contribution in [3.63, 3.8) is 0 Å². The Labute approximate surface area is 174 Å². The normalized spacial score (nSPS) is 10.3. The van der Waals surface area contributed by atoms with E-state index in [4.69, 9.17) is 34.4 Å². The Hall–Kier alpha value is -2.53. The summed E-state index contributed by atoms with van der Waals surface area (Å²) < 4.78 is 6.16. The van der Waals surface area contributed by atoms with Gasteiger partial charge in [-0.05, 0) is 36.4 Å². The lowest BCUT2D eigenvalue weighted by atomic mass is 10.2. The minimum atomic E-state index is -0.960. The zero-order chi connectivity index (χ0) is 19.8. The van der Waals surface area contributed by atoms with E-state index in [2.05, 4.69) is 37.7 Å². The van der Waals surface area contributed by atoms with Gasteiger partial charge in [0.15, 0.2) is 0 Å². The summed E-state index contributed by atoms with van der Waals surface area (Å²) in [6.07, 6.45) is 6.51. The van der Waals surface area contributed by atoms with Gasteiger partial charge in [-0.25, -0.2) is 5.43 Å². The van der Waals surface area contributed by atoms with Gasteiger partial charge in [-0.15, -0.1) is 6.42 Å². The number of anilines is 1. The number of nitrogens with zero attached hydrogens (tertiary/aromatic N) is 1. The number of hydrazone groups is 1. The summed E-state index contributed by atoms with van der Waals surface area (Å²) in [6.45, 7) is 0.0842. The van der Waals surface area contributed by atoms with Crippen LogP contribution in [0.4, 0.5) is 5.69 Å². The molecule has 2 rings (SSSR count). The van der Waals surface area contributed by atoms with Crippen molar-refractivity contribution in [2.45, 2.75) is 0 Å². The molecule has 2 aromatic carbocycles. The molecule has 0 saturated carbocycles. The highest BCUT2D eigenvalue weighted by Gasteiger charge is 2.13. The Balaban J connectivity index is 2.00. The lowest BCUT2D eigenvalue weighted by molar-refractivity contribution is -0.136. The standard InChI is InChI=1S/C18H12BrCl2N3O3/c1-2-7-27-16-6-3-12(19)8-11(16)10-22-24-18(26)17(25)23-13-4-5-14(20)15(21)9-13/h1,3-6,8-10H,7H2,(H,23,25)(H,24,26)/b22-10+. The first-order valence-corrected chi connectivity index (χ1v) is 8.91. The average Bonchev–Trinajstić information content (AvgIpc) is 2.64. The number of hydrogen-bond acceptors (Lipinski definition) is 4. The van der Waals surface area contributed by atoms with Crippen LogP contribution in [-0.4, -0.2) is 24.6 Å². The third-order valence-electron chi connectivity index (χ3n) is 3.04. The van der Waals surface area contributed by atoms with Gasteiger partial charge < -0.3 is 10.1 Å². The average molecular weight is 469 g/mol. The molecule has 0 fully saturated rings. The highest BCUT2D eigenvalue weighted by atomic mass is 79.9. The molecule has 9 heteroatoms. The molecular formula is C18H12BrCl2N3O3. The molecule has 0 aliphatic carbocycles. The van der Waals surface area contributed by atoms with Crippen molar-refractivity contribution in [2.75, 3.05) is 11.9 Å². The second-order valence-corrected chi connectivity index (χ2v) is 6.69. The predicted octanol–water partition coefficient (Wildman–Crippen LogP) is 3.86. The van der Waals surface area contributed by atoms with Crippen LogP contribution >= 0.6 is 39.1 Å². The maximum absolute atomic E-state index is 11.9. The van der Waals surface area contributed by atoms with Crippen LogP contribution in [0.25, 0.3) is 0 Å². The van der Waals surface area contributed by atoms with E-state index < -0.39 is 11.8 Å². The monoisotopic (exact) mass is 467 g/mol. The number of rotatable bonds is 5. The van der Waals surface area contributed by atoms with Crippen LogP contribution in [0.1, 0.15) is 5.56 Å². The first kappa shape index (κ1) is 20.8. The van der Waals surface area contributed by atoms with Gasteiger partial charge in [-0.3, -0.25) is 9.59 Å². The fourth-order valence-electron chi connectivity index (χ4n) is 1.84. The molecular weight excluding hydrogens is 457 g/mol. The summed E-state index contributed by atoms with van der Waals surface area (Å²) in [7, 11) is 0. The maximum atomic E-state index is 11.9. The molecule has 0 aliphatic heterocycles.